The summed E-state index contributed by atoms with van der Waals surface area (Å²) < 4.78 is 1.83. The van der Waals surface area contributed by atoms with Crippen LogP contribution in [-0.4, -0.2) is 35.4 Å². The van der Waals surface area contributed by atoms with Gasteiger partial charge in [0.05, 0.1) is 12.7 Å². The Labute approximate surface area is 145 Å². The molecule has 1 heterocycles. The van der Waals surface area contributed by atoms with Crippen LogP contribution in [0, 0.1) is 0 Å². The molecule has 5 heteroatoms. The molecule has 0 aliphatic heterocycles. The van der Waals surface area contributed by atoms with Gasteiger partial charge in [0.15, 0.2) is 5.96 Å². The fourth-order valence-electron chi connectivity index (χ4n) is 2.53. The first-order valence-electron chi connectivity index (χ1n) is 8.56. The van der Waals surface area contributed by atoms with Crippen LogP contribution in [-0.2, 0) is 18.9 Å². The van der Waals surface area contributed by atoms with Crippen molar-refractivity contribution in [3.63, 3.8) is 0 Å². The smallest absolute Gasteiger partial charge is 0.191 e. The second-order valence-electron chi connectivity index (χ2n) is 6.64. The fourth-order valence-corrected chi connectivity index (χ4v) is 2.53. The van der Waals surface area contributed by atoms with Gasteiger partial charge in [-0.15, -0.1) is 0 Å². The molecule has 130 valence electrons. The van der Waals surface area contributed by atoms with E-state index in [4.69, 9.17) is 4.99 Å². The molecular formula is C19H29N5. The predicted molar refractivity (Wildman–Crippen MR) is 100 cm³/mol. The van der Waals surface area contributed by atoms with Gasteiger partial charge in [0.2, 0.25) is 0 Å². The van der Waals surface area contributed by atoms with E-state index in [9.17, 15) is 0 Å². The maximum Gasteiger partial charge on any atom is 0.191 e. The lowest BCUT2D eigenvalue weighted by Crippen LogP contribution is -2.39. The van der Waals surface area contributed by atoms with Gasteiger partial charge in [-0.25, -0.2) is 0 Å². The van der Waals surface area contributed by atoms with Gasteiger partial charge in [0.1, 0.15) is 0 Å². The maximum atomic E-state index is 4.77. The first-order chi connectivity index (χ1) is 11.5. The normalized spacial score (nSPS) is 12.2. The number of aliphatic imine (C=N–C) groups is 1. The van der Waals surface area contributed by atoms with Crippen LogP contribution in [0.2, 0.25) is 0 Å². The molecule has 24 heavy (non-hydrogen) atoms. The zero-order valence-electron chi connectivity index (χ0n) is 15.2. The largest absolute Gasteiger partial charge is 0.357 e. The molecule has 1 aromatic carbocycles. The summed E-state index contributed by atoms with van der Waals surface area (Å²) in [4.78, 5) is 4.77. The molecule has 0 unspecified atom stereocenters. The van der Waals surface area contributed by atoms with Crippen LogP contribution in [0.4, 0.5) is 0 Å². The Morgan fingerprint density at radius 1 is 1.21 bits per heavy atom. The third kappa shape index (κ3) is 5.41. The summed E-state index contributed by atoms with van der Waals surface area (Å²) in [5, 5.41) is 10.9. The summed E-state index contributed by atoms with van der Waals surface area (Å²) in [5.74, 6) is 0.866. The van der Waals surface area contributed by atoms with Crippen molar-refractivity contribution in [1.82, 2.24) is 20.4 Å². The van der Waals surface area contributed by atoms with E-state index >= 15 is 0 Å². The van der Waals surface area contributed by atoms with E-state index in [0.717, 1.165) is 32.0 Å². The summed E-state index contributed by atoms with van der Waals surface area (Å²) in [6, 6.07) is 10.5. The molecule has 0 aliphatic rings. The van der Waals surface area contributed by atoms with Crippen molar-refractivity contribution in [1.29, 1.82) is 0 Å². The average Bonchev–Trinajstić information content (AvgIpc) is 2.99. The van der Waals surface area contributed by atoms with Gasteiger partial charge in [0, 0.05) is 31.7 Å². The van der Waals surface area contributed by atoms with Crippen LogP contribution in [0.5, 0.6) is 0 Å². The van der Waals surface area contributed by atoms with E-state index in [1.807, 2.05) is 30.2 Å². The Balaban J connectivity index is 1.92. The number of aryl methyl sites for hydroxylation is 1. The van der Waals surface area contributed by atoms with Gasteiger partial charge >= 0.3 is 0 Å². The number of guanidine groups is 1. The molecule has 0 saturated carbocycles. The molecule has 0 fully saturated rings. The van der Waals surface area contributed by atoms with Gasteiger partial charge in [-0.1, -0.05) is 44.2 Å². The molecule has 1 aromatic heterocycles. The molecule has 0 radical (unpaired) electrons. The van der Waals surface area contributed by atoms with Gasteiger partial charge < -0.3 is 10.6 Å². The van der Waals surface area contributed by atoms with Crippen molar-refractivity contribution in [2.24, 2.45) is 12.0 Å². The predicted octanol–water partition coefficient (Wildman–Crippen LogP) is 2.50. The molecular weight excluding hydrogens is 298 g/mol. The first-order valence-corrected chi connectivity index (χ1v) is 8.56. The van der Waals surface area contributed by atoms with E-state index in [2.05, 4.69) is 60.8 Å². The third-order valence-electron chi connectivity index (χ3n) is 4.00. The number of hydrogen-bond donors (Lipinski definition) is 2. The van der Waals surface area contributed by atoms with Gasteiger partial charge in [0.25, 0.3) is 0 Å². The lowest BCUT2D eigenvalue weighted by Gasteiger charge is -2.23. The van der Waals surface area contributed by atoms with Crippen LogP contribution in [0.3, 0.4) is 0 Å². The van der Waals surface area contributed by atoms with Crippen molar-refractivity contribution in [2.75, 3.05) is 19.6 Å². The summed E-state index contributed by atoms with van der Waals surface area (Å²) in [5.41, 5.74) is 2.54. The molecule has 0 amide bonds. The minimum atomic E-state index is 0.00691. The molecule has 0 atom stereocenters. The standard InChI is InChI=1S/C19H29N5/c1-5-20-18(21-12-11-16-13-23-24(4)14-16)22-15-19(2,3)17-9-7-6-8-10-17/h6-10,13-14H,5,11-12,15H2,1-4H3,(H2,20,21,22). The second-order valence-corrected chi connectivity index (χ2v) is 6.64. The molecule has 0 bridgehead atoms. The summed E-state index contributed by atoms with van der Waals surface area (Å²) in [6.07, 6.45) is 4.88. The van der Waals surface area contributed by atoms with Crippen LogP contribution < -0.4 is 10.6 Å². The summed E-state index contributed by atoms with van der Waals surface area (Å²) in [7, 11) is 1.94. The monoisotopic (exact) mass is 327 g/mol. The second kappa shape index (κ2) is 8.52. The molecule has 0 aliphatic carbocycles. The number of rotatable bonds is 7. The Kier molecular flexibility index (Phi) is 6.41. The van der Waals surface area contributed by atoms with E-state index in [1.54, 1.807) is 0 Å². The van der Waals surface area contributed by atoms with Crippen molar-refractivity contribution in [3.05, 3.63) is 53.9 Å². The lowest BCUT2D eigenvalue weighted by atomic mass is 9.85. The number of aromatic nitrogens is 2. The SMILES string of the molecule is CCNC(=NCC(C)(C)c1ccccc1)NCCc1cnn(C)c1. The minimum absolute atomic E-state index is 0.00691. The molecule has 0 saturated heterocycles. The van der Waals surface area contributed by atoms with Crippen molar-refractivity contribution in [2.45, 2.75) is 32.6 Å². The highest BCUT2D eigenvalue weighted by molar-refractivity contribution is 5.79. The minimum Gasteiger partial charge on any atom is -0.357 e. The van der Waals surface area contributed by atoms with Crippen molar-refractivity contribution in [3.8, 4) is 0 Å². The Hall–Kier alpha value is -2.30. The van der Waals surface area contributed by atoms with Crippen molar-refractivity contribution >= 4 is 5.96 Å². The maximum absolute atomic E-state index is 4.77. The van der Waals surface area contributed by atoms with E-state index in [-0.39, 0.29) is 5.41 Å². The van der Waals surface area contributed by atoms with E-state index < -0.39 is 0 Å². The fraction of sp³-hybridized carbons (Fsp3) is 0.474. The van der Waals surface area contributed by atoms with Gasteiger partial charge in [-0.05, 0) is 24.5 Å². The highest BCUT2D eigenvalue weighted by atomic mass is 15.2. The summed E-state index contributed by atoms with van der Waals surface area (Å²) >= 11 is 0. The number of nitrogens with one attached hydrogen (secondary N) is 2. The Morgan fingerprint density at radius 3 is 2.58 bits per heavy atom. The molecule has 5 nitrogen and oxygen atoms in total. The van der Waals surface area contributed by atoms with Crippen LogP contribution in [0.15, 0.2) is 47.7 Å². The quantitative estimate of drug-likeness (QED) is 0.607. The zero-order chi connectivity index (χ0) is 17.4. The lowest BCUT2D eigenvalue weighted by molar-refractivity contribution is 0.537. The van der Waals surface area contributed by atoms with E-state index in [0.29, 0.717) is 0 Å². The van der Waals surface area contributed by atoms with Crippen LogP contribution in [0.25, 0.3) is 0 Å². The van der Waals surface area contributed by atoms with Crippen LogP contribution in [0.1, 0.15) is 31.9 Å². The summed E-state index contributed by atoms with van der Waals surface area (Å²) in [6.45, 7) is 8.96. The average molecular weight is 327 g/mol. The highest BCUT2D eigenvalue weighted by Crippen LogP contribution is 2.22. The molecule has 0 spiro atoms. The van der Waals surface area contributed by atoms with E-state index in [1.165, 1.54) is 11.1 Å². The topological polar surface area (TPSA) is 54.2 Å². The highest BCUT2D eigenvalue weighted by Gasteiger charge is 2.19. The third-order valence-corrected chi connectivity index (χ3v) is 4.00. The molecule has 2 N–H and O–H groups in total. The van der Waals surface area contributed by atoms with Gasteiger partial charge in [-0.2, -0.15) is 5.10 Å². The van der Waals surface area contributed by atoms with Crippen LogP contribution >= 0.6 is 0 Å². The number of benzene rings is 1. The zero-order valence-corrected chi connectivity index (χ0v) is 15.2. The first kappa shape index (κ1) is 18.0. The Bertz CT molecular complexity index is 643. The molecule has 2 aromatic rings. The van der Waals surface area contributed by atoms with Crippen molar-refractivity contribution < 1.29 is 0 Å². The Morgan fingerprint density at radius 2 is 1.96 bits per heavy atom. The van der Waals surface area contributed by atoms with Gasteiger partial charge in [-0.3, -0.25) is 9.67 Å². The number of hydrogen-bond acceptors (Lipinski definition) is 2. The molecule has 2 rings (SSSR count). The number of nitrogens with zero attached hydrogens (tertiary/aromatic N) is 3.